The van der Waals surface area contributed by atoms with Gasteiger partial charge < -0.3 is 4.57 Å². The van der Waals surface area contributed by atoms with Crippen LogP contribution >= 0.6 is 0 Å². The highest BCUT2D eigenvalue weighted by molar-refractivity contribution is 5.73. The fourth-order valence-corrected chi connectivity index (χ4v) is 3.20. The molecule has 0 fully saturated rings. The molecule has 0 saturated carbocycles. The highest BCUT2D eigenvalue weighted by atomic mass is 19.2. The Balaban J connectivity index is 2.04. The molecular weight excluding hydrogens is 388 g/mol. The number of aryl methyl sites for hydroxylation is 1. The lowest BCUT2D eigenvalue weighted by molar-refractivity contribution is 0.481. The van der Waals surface area contributed by atoms with Crippen LogP contribution in [0.4, 0.5) is 17.6 Å². The Morgan fingerprint density at radius 3 is 2.34 bits per heavy atom. The van der Waals surface area contributed by atoms with E-state index in [2.05, 4.69) is 9.97 Å². The van der Waals surface area contributed by atoms with Gasteiger partial charge in [0.15, 0.2) is 22.8 Å². The first-order valence-corrected chi connectivity index (χ1v) is 8.75. The van der Waals surface area contributed by atoms with Crippen molar-refractivity contribution in [2.75, 3.05) is 0 Å². The molecule has 148 valence electrons. The fraction of sp³-hybridized carbons (Fsp3) is 0.150. The molecule has 29 heavy (non-hydrogen) atoms. The number of nitrogens with zero attached hydrogens (tertiary/aromatic N) is 4. The molecule has 4 aromatic rings. The summed E-state index contributed by atoms with van der Waals surface area (Å²) in [5.41, 5.74) is -0.440. The van der Waals surface area contributed by atoms with E-state index in [1.54, 1.807) is 4.57 Å². The van der Waals surface area contributed by atoms with Crippen LogP contribution in [0.5, 0.6) is 0 Å². The molecule has 0 aliphatic carbocycles. The maximum absolute atomic E-state index is 14.2. The Labute approximate surface area is 161 Å². The summed E-state index contributed by atoms with van der Waals surface area (Å²) in [4.78, 5) is 20.5. The van der Waals surface area contributed by atoms with Gasteiger partial charge in [0, 0.05) is 24.2 Å². The number of benzene rings is 2. The molecule has 9 heteroatoms. The summed E-state index contributed by atoms with van der Waals surface area (Å²) in [5, 5.41) is 0. The Morgan fingerprint density at radius 1 is 0.966 bits per heavy atom. The van der Waals surface area contributed by atoms with E-state index in [1.807, 2.05) is 6.92 Å². The number of hydrogen-bond donors (Lipinski definition) is 0. The normalized spacial score (nSPS) is 11.3. The fourth-order valence-electron chi connectivity index (χ4n) is 3.20. The number of imidazole rings is 1. The second-order valence-corrected chi connectivity index (χ2v) is 6.35. The first kappa shape index (κ1) is 18.9. The summed E-state index contributed by atoms with van der Waals surface area (Å²) in [6, 6.07) is 6.79. The Hall–Kier alpha value is -3.49. The second-order valence-electron chi connectivity index (χ2n) is 6.35. The van der Waals surface area contributed by atoms with Crippen molar-refractivity contribution in [3.63, 3.8) is 0 Å². The minimum atomic E-state index is -1.35. The lowest BCUT2D eigenvalue weighted by atomic mass is 10.1. The highest BCUT2D eigenvalue weighted by Crippen LogP contribution is 2.23. The Morgan fingerprint density at radius 2 is 1.66 bits per heavy atom. The van der Waals surface area contributed by atoms with Crippen LogP contribution in [0.15, 0.2) is 47.5 Å². The summed E-state index contributed by atoms with van der Waals surface area (Å²) in [5.74, 6) is -4.04. The van der Waals surface area contributed by atoms with Gasteiger partial charge in [-0.3, -0.25) is 9.36 Å². The molecule has 2 aromatic heterocycles. The van der Waals surface area contributed by atoms with Gasteiger partial charge in [-0.15, -0.1) is 0 Å². The standard InChI is InChI=1S/C20H14F4N4O/c1-2-27-10-25-18-19(29)26-16(9-13-14(22)7-8-15(23)17(13)24)28(20(18)27)12-5-3-11(21)4-6-12/h3-8,10H,2,9H2,1H3. The van der Waals surface area contributed by atoms with E-state index in [-0.39, 0.29) is 11.3 Å². The van der Waals surface area contributed by atoms with Crippen molar-refractivity contribution >= 4 is 11.2 Å². The van der Waals surface area contributed by atoms with Gasteiger partial charge in [0.25, 0.3) is 0 Å². The lowest BCUT2D eigenvalue weighted by Gasteiger charge is -2.16. The predicted octanol–water partition coefficient (Wildman–Crippen LogP) is 3.75. The van der Waals surface area contributed by atoms with E-state index in [4.69, 9.17) is 0 Å². The first-order valence-electron chi connectivity index (χ1n) is 8.75. The molecule has 0 unspecified atom stereocenters. The molecule has 0 amide bonds. The van der Waals surface area contributed by atoms with Crippen LogP contribution in [0, 0.1) is 23.3 Å². The van der Waals surface area contributed by atoms with Crippen LogP contribution in [0.1, 0.15) is 18.3 Å². The molecule has 4 rings (SSSR count). The number of aromatic nitrogens is 4. The van der Waals surface area contributed by atoms with Crippen molar-refractivity contribution in [1.82, 2.24) is 19.1 Å². The SMILES string of the molecule is CCn1cnc2c(=O)nc(Cc3c(F)ccc(F)c3F)n(-c3ccc(F)cc3)c21. The van der Waals surface area contributed by atoms with Crippen molar-refractivity contribution in [3.05, 3.63) is 87.7 Å². The van der Waals surface area contributed by atoms with Gasteiger partial charge in [0.2, 0.25) is 0 Å². The average molecular weight is 402 g/mol. The third-order valence-electron chi connectivity index (χ3n) is 4.61. The topological polar surface area (TPSA) is 52.7 Å². The number of hydrogen-bond acceptors (Lipinski definition) is 3. The maximum Gasteiger partial charge on any atom is 0.301 e. The van der Waals surface area contributed by atoms with E-state index in [1.165, 1.54) is 35.2 Å². The first-order chi connectivity index (χ1) is 13.9. The molecule has 0 aliphatic heterocycles. The highest BCUT2D eigenvalue weighted by Gasteiger charge is 2.21. The molecule has 0 saturated heterocycles. The zero-order valence-electron chi connectivity index (χ0n) is 15.2. The van der Waals surface area contributed by atoms with E-state index >= 15 is 0 Å². The third-order valence-corrected chi connectivity index (χ3v) is 4.61. The maximum atomic E-state index is 14.2. The van der Waals surface area contributed by atoms with Gasteiger partial charge in [-0.25, -0.2) is 22.5 Å². The van der Waals surface area contributed by atoms with E-state index in [9.17, 15) is 22.4 Å². The average Bonchev–Trinajstić information content (AvgIpc) is 3.14. The molecule has 2 aromatic carbocycles. The van der Waals surface area contributed by atoms with Crippen molar-refractivity contribution in [1.29, 1.82) is 0 Å². The van der Waals surface area contributed by atoms with Crippen LogP contribution < -0.4 is 5.56 Å². The summed E-state index contributed by atoms with van der Waals surface area (Å²) in [7, 11) is 0. The minimum absolute atomic E-state index is 0.0345. The van der Waals surface area contributed by atoms with Crippen LogP contribution in [0.3, 0.4) is 0 Å². The minimum Gasteiger partial charge on any atom is -0.316 e. The van der Waals surface area contributed by atoms with Gasteiger partial charge >= 0.3 is 5.56 Å². The van der Waals surface area contributed by atoms with Crippen molar-refractivity contribution in [2.24, 2.45) is 0 Å². The molecule has 0 bridgehead atoms. The van der Waals surface area contributed by atoms with Gasteiger partial charge in [0.1, 0.15) is 17.5 Å². The smallest absolute Gasteiger partial charge is 0.301 e. The summed E-state index contributed by atoms with van der Waals surface area (Å²) >= 11 is 0. The van der Waals surface area contributed by atoms with E-state index in [0.29, 0.717) is 23.9 Å². The summed E-state index contributed by atoms with van der Waals surface area (Å²) in [6.45, 7) is 2.27. The zero-order chi connectivity index (χ0) is 20.7. The molecule has 0 radical (unpaired) electrons. The van der Waals surface area contributed by atoms with Crippen LogP contribution in [0.2, 0.25) is 0 Å². The van der Waals surface area contributed by atoms with Gasteiger partial charge in [-0.1, -0.05) is 0 Å². The van der Waals surface area contributed by atoms with Crippen LogP contribution in [-0.4, -0.2) is 19.1 Å². The predicted molar refractivity (Wildman–Crippen MR) is 97.9 cm³/mol. The third kappa shape index (κ3) is 3.18. The van der Waals surface area contributed by atoms with Gasteiger partial charge in [-0.05, 0) is 43.3 Å². The van der Waals surface area contributed by atoms with E-state index < -0.39 is 40.8 Å². The quantitative estimate of drug-likeness (QED) is 0.386. The number of fused-ring (bicyclic) bond motifs is 1. The largest absolute Gasteiger partial charge is 0.316 e. The molecular formula is C20H14F4N4O. The van der Waals surface area contributed by atoms with Crippen molar-refractivity contribution in [2.45, 2.75) is 19.9 Å². The second kappa shape index (κ2) is 7.16. The molecule has 0 atom stereocenters. The Kier molecular flexibility index (Phi) is 4.65. The Bertz CT molecular complexity index is 1280. The molecule has 0 spiro atoms. The van der Waals surface area contributed by atoms with Crippen molar-refractivity contribution in [3.8, 4) is 5.69 Å². The van der Waals surface area contributed by atoms with Crippen LogP contribution in [-0.2, 0) is 13.0 Å². The molecule has 0 aliphatic rings. The molecule has 5 nitrogen and oxygen atoms in total. The van der Waals surface area contributed by atoms with Crippen molar-refractivity contribution < 1.29 is 17.6 Å². The summed E-state index contributed by atoms with van der Waals surface area (Å²) in [6.07, 6.45) is 0.952. The lowest BCUT2D eigenvalue weighted by Crippen LogP contribution is -2.20. The van der Waals surface area contributed by atoms with Gasteiger partial charge in [-0.2, -0.15) is 4.98 Å². The molecule has 0 N–H and O–H groups in total. The van der Waals surface area contributed by atoms with E-state index in [0.717, 1.165) is 6.07 Å². The van der Waals surface area contributed by atoms with Crippen LogP contribution in [0.25, 0.3) is 16.9 Å². The number of halogens is 4. The molecule has 2 heterocycles. The summed E-state index contributed by atoms with van der Waals surface area (Å²) < 4.78 is 58.7. The van der Waals surface area contributed by atoms with Gasteiger partial charge in [0.05, 0.1) is 6.33 Å². The zero-order valence-corrected chi connectivity index (χ0v) is 15.2. The number of rotatable bonds is 4. The monoisotopic (exact) mass is 402 g/mol.